The molecule has 2 unspecified atom stereocenters. The van der Waals surface area contributed by atoms with Crippen LogP contribution in [0.3, 0.4) is 0 Å². The number of nitrogens with zero attached hydrogens (tertiary/aromatic N) is 2. The first kappa shape index (κ1) is 61.3. The van der Waals surface area contributed by atoms with Gasteiger partial charge in [0.05, 0.1) is 22.7 Å². The number of rotatable bonds is 13. The Morgan fingerprint density at radius 1 is 0.240 bits per heavy atom. The predicted octanol–water partition coefficient (Wildman–Crippen LogP) is 29.0. The largest absolute Gasteiger partial charge is 0.309 e. The van der Waals surface area contributed by atoms with Crippen LogP contribution in [-0.2, 0) is 0 Å². The van der Waals surface area contributed by atoms with Gasteiger partial charge in [-0.05, 0) is 184 Å². The Balaban J connectivity index is 0.618. The van der Waals surface area contributed by atoms with Crippen LogP contribution in [0.4, 0.5) is 34.1 Å². The van der Waals surface area contributed by atoms with Gasteiger partial charge in [-0.1, -0.05) is 309 Å². The summed E-state index contributed by atoms with van der Waals surface area (Å²) in [6.45, 7) is 0. The van der Waals surface area contributed by atoms with Crippen molar-refractivity contribution in [3.05, 3.63) is 394 Å². The maximum Gasteiger partial charge on any atom is 0.0540 e. The average Bonchev–Trinajstić information content (AvgIpc) is 1.46. The number of fused-ring (bicyclic) bond motifs is 10. The number of para-hydroxylation sites is 2. The van der Waals surface area contributed by atoms with Crippen LogP contribution in [-0.4, -0.2) is 5.25 Å². The molecule has 0 amide bonds. The van der Waals surface area contributed by atoms with Gasteiger partial charge in [-0.2, -0.15) is 0 Å². The Bertz CT molecular complexity index is 6460. The molecule has 20 rings (SSSR count). The first-order valence-electron chi connectivity index (χ1n) is 35.8. The Hall–Kier alpha value is -12.6. The zero-order chi connectivity index (χ0) is 68.6. The molecule has 0 bridgehead atoms. The van der Waals surface area contributed by atoms with Gasteiger partial charge < -0.3 is 9.80 Å². The quantitative estimate of drug-likeness (QED) is 0.114. The van der Waals surface area contributed by atoms with Crippen LogP contribution in [0.1, 0.15) is 11.5 Å². The van der Waals surface area contributed by atoms with E-state index in [-0.39, 0.29) is 0 Å². The van der Waals surface area contributed by atoms with Crippen molar-refractivity contribution in [1.29, 1.82) is 0 Å². The number of anilines is 6. The number of hydrogen-bond acceptors (Lipinski definition) is 4. The van der Waals surface area contributed by atoms with Crippen LogP contribution in [0.25, 0.3) is 141 Å². The van der Waals surface area contributed by atoms with E-state index >= 15 is 0 Å². The van der Waals surface area contributed by atoms with Crippen molar-refractivity contribution < 1.29 is 0 Å². The van der Waals surface area contributed by atoms with Gasteiger partial charge in [-0.25, -0.2) is 0 Å². The molecule has 2 nitrogen and oxygen atoms in total. The lowest BCUT2D eigenvalue weighted by molar-refractivity contribution is 0.883. The lowest BCUT2D eigenvalue weighted by Crippen LogP contribution is -2.12. The Kier molecular flexibility index (Phi) is 15.2. The molecule has 1 aliphatic heterocycles. The minimum atomic E-state index is 0.333. The second kappa shape index (κ2) is 25.8. The molecule has 4 heteroatoms. The second-order valence-electron chi connectivity index (χ2n) is 27.3. The molecular formula is C100H66N2S2. The highest BCUT2D eigenvalue weighted by Gasteiger charge is 2.34. The average molecular weight is 1360 g/mol. The fraction of sp³-hybridized carbons (Fsp3) is 0.0200. The van der Waals surface area contributed by atoms with E-state index in [2.05, 4.69) is 398 Å². The minimum Gasteiger partial charge on any atom is -0.309 e. The van der Waals surface area contributed by atoms with Crippen molar-refractivity contribution in [2.24, 2.45) is 0 Å². The molecule has 104 heavy (non-hydrogen) atoms. The highest BCUT2D eigenvalue weighted by molar-refractivity contribution is 8.00. The molecule has 1 aromatic heterocycles. The molecule has 2 aliphatic rings. The molecule has 0 spiro atoms. The van der Waals surface area contributed by atoms with Gasteiger partial charge in [-0.3, -0.25) is 0 Å². The Morgan fingerprint density at radius 3 is 1.38 bits per heavy atom. The Labute approximate surface area is 613 Å². The molecular weight excluding hydrogens is 1290 g/mol. The third kappa shape index (κ3) is 10.7. The number of benzene rings is 17. The van der Waals surface area contributed by atoms with Crippen molar-refractivity contribution in [1.82, 2.24) is 0 Å². The van der Waals surface area contributed by atoms with E-state index in [9.17, 15) is 0 Å². The summed E-state index contributed by atoms with van der Waals surface area (Å²) in [6.07, 6.45) is 9.17. The SMILES string of the molecule is C1=CC2Sc3cccc(-c4ccccc4N(c4ccc(-c5ccc(-c6cccc7cc(-c8ccc9sc%10cccc(-c%11ccccc%11N(c%11cccc(-c%12ccc(-c%13cccc%14ccccc%13%14)cc%12)c%11)c%11cccc%12ccccc%11%12)c%10c9c8)ccc67)cc5)cc4)c4cccc5ccccc45)c3C2C=C1. The first-order valence-corrected chi connectivity index (χ1v) is 37.5. The molecule has 0 N–H and O–H groups in total. The maximum absolute atomic E-state index is 2.48. The topological polar surface area (TPSA) is 6.48 Å². The third-order valence-corrected chi connectivity index (χ3v) is 23.9. The van der Waals surface area contributed by atoms with Gasteiger partial charge in [0.1, 0.15) is 0 Å². The Morgan fingerprint density at radius 2 is 0.683 bits per heavy atom. The van der Waals surface area contributed by atoms with Crippen molar-refractivity contribution >= 4 is 120 Å². The van der Waals surface area contributed by atoms with Gasteiger partial charge in [0.25, 0.3) is 0 Å². The van der Waals surface area contributed by atoms with Crippen LogP contribution in [0.2, 0.25) is 0 Å². The smallest absolute Gasteiger partial charge is 0.0540 e. The molecule has 1 aliphatic carbocycles. The fourth-order valence-electron chi connectivity index (χ4n) is 16.5. The molecule has 2 atom stereocenters. The lowest BCUT2D eigenvalue weighted by Gasteiger charge is -2.30. The summed E-state index contributed by atoms with van der Waals surface area (Å²) in [5.74, 6) is 0.333. The first-order chi connectivity index (χ1) is 51.6. The van der Waals surface area contributed by atoms with Crippen LogP contribution in [0.15, 0.2) is 393 Å². The standard InChI is InChI=1S/C100H66N2S2/c1-4-29-79-68(20-1)23-14-35-80(79)71-52-48-67(49-53-71)73-26-13-28-78(63-73)102(92-42-17-25-70-22-3-6-31-84(70)92)94-40-11-8-33-86(94)88-38-19-45-98-100(88)90-64-75(57-61-96(90)104-98)74-56-60-82-76(62-74)27-15-36-81(82)72-50-46-65(47-51-72)66-54-58-77(59-55-66)101(91-41-16-24-69-21-2-5-30-83(69)91)93-39-10-7-32-85(93)87-37-18-44-97-99(87)89-34-9-12-43-95(89)103-97/h1-64,89,95H. The van der Waals surface area contributed by atoms with Gasteiger partial charge in [0.2, 0.25) is 0 Å². The predicted molar refractivity (Wildman–Crippen MR) is 447 cm³/mol. The van der Waals surface area contributed by atoms with Crippen LogP contribution in [0, 0.1) is 0 Å². The third-order valence-electron chi connectivity index (χ3n) is 21.4. The van der Waals surface area contributed by atoms with Crippen molar-refractivity contribution in [3.63, 3.8) is 0 Å². The summed E-state index contributed by atoms with van der Waals surface area (Å²) in [5.41, 5.74) is 24.9. The van der Waals surface area contributed by atoms with E-state index in [0.29, 0.717) is 11.2 Å². The van der Waals surface area contributed by atoms with E-state index in [0.717, 1.165) is 39.7 Å². The summed E-state index contributed by atoms with van der Waals surface area (Å²) < 4.78 is 2.53. The zero-order valence-corrected chi connectivity index (χ0v) is 58.4. The lowest BCUT2D eigenvalue weighted by atomic mass is 9.86. The summed E-state index contributed by atoms with van der Waals surface area (Å²) >= 11 is 3.85. The number of hydrogen-bond donors (Lipinski definition) is 0. The summed E-state index contributed by atoms with van der Waals surface area (Å²) in [6, 6.07) is 135. The van der Waals surface area contributed by atoms with Gasteiger partial charge in [-0.15, -0.1) is 23.1 Å². The fourth-order valence-corrected chi connectivity index (χ4v) is 19.0. The second-order valence-corrected chi connectivity index (χ2v) is 29.6. The van der Waals surface area contributed by atoms with Crippen molar-refractivity contribution in [2.75, 3.05) is 9.80 Å². The maximum atomic E-state index is 2.48. The van der Waals surface area contributed by atoms with Crippen LogP contribution in [0.5, 0.6) is 0 Å². The van der Waals surface area contributed by atoms with E-state index in [1.807, 2.05) is 23.1 Å². The van der Waals surface area contributed by atoms with E-state index in [1.54, 1.807) is 0 Å². The zero-order valence-electron chi connectivity index (χ0n) is 56.8. The van der Waals surface area contributed by atoms with Crippen LogP contribution < -0.4 is 9.80 Å². The highest BCUT2D eigenvalue weighted by atomic mass is 32.2. The van der Waals surface area contributed by atoms with E-state index in [1.165, 1.54) is 146 Å². The van der Waals surface area contributed by atoms with E-state index < -0.39 is 0 Å². The molecule has 0 fully saturated rings. The van der Waals surface area contributed by atoms with Gasteiger partial charge in [0, 0.05) is 69.5 Å². The molecule has 17 aromatic carbocycles. The number of thiophene rings is 1. The molecule has 0 saturated heterocycles. The monoisotopic (exact) mass is 1360 g/mol. The summed E-state index contributed by atoms with van der Waals surface area (Å²) in [5, 5.41) is 12.7. The highest BCUT2D eigenvalue weighted by Crippen LogP contribution is 2.55. The number of thioether (sulfide) groups is 1. The van der Waals surface area contributed by atoms with Crippen molar-refractivity contribution in [2.45, 2.75) is 16.1 Å². The van der Waals surface area contributed by atoms with Crippen molar-refractivity contribution in [3.8, 4) is 77.9 Å². The molecule has 488 valence electrons. The normalized spacial score (nSPS) is 13.8. The van der Waals surface area contributed by atoms with Gasteiger partial charge >= 0.3 is 0 Å². The van der Waals surface area contributed by atoms with Gasteiger partial charge in [0.15, 0.2) is 0 Å². The molecule has 0 saturated carbocycles. The minimum absolute atomic E-state index is 0.333. The summed E-state index contributed by atoms with van der Waals surface area (Å²) in [7, 11) is 0. The molecule has 2 heterocycles. The van der Waals surface area contributed by atoms with Crippen LogP contribution >= 0.6 is 23.1 Å². The summed E-state index contributed by atoms with van der Waals surface area (Å²) in [4.78, 5) is 6.33. The molecule has 0 radical (unpaired) electrons. The number of allylic oxidation sites excluding steroid dienone is 3. The van der Waals surface area contributed by atoms with E-state index in [4.69, 9.17) is 0 Å². The molecule has 18 aromatic rings.